The normalized spacial score (nSPS) is 17.2. The SMILES string of the molecule is CCOCc1ccccc1CNC(=O)C1(CN)CCOCC1. The second-order valence-corrected chi connectivity index (χ2v) is 5.69. The Morgan fingerprint density at radius 1 is 1.32 bits per heavy atom. The van der Waals surface area contributed by atoms with Crippen molar-refractivity contribution in [2.24, 2.45) is 11.1 Å². The molecule has 2 rings (SSSR count). The van der Waals surface area contributed by atoms with E-state index in [2.05, 4.69) is 5.32 Å². The highest BCUT2D eigenvalue weighted by molar-refractivity contribution is 5.83. The maximum Gasteiger partial charge on any atom is 0.227 e. The fourth-order valence-electron chi connectivity index (χ4n) is 2.73. The smallest absolute Gasteiger partial charge is 0.227 e. The molecule has 1 fully saturated rings. The first kappa shape index (κ1) is 16.9. The van der Waals surface area contributed by atoms with Crippen LogP contribution in [0, 0.1) is 5.41 Å². The maximum absolute atomic E-state index is 12.6. The Morgan fingerprint density at radius 3 is 2.64 bits per heavy atom. The summed E-state index contributed by atoms with van der Waals surface area (Å²) < 4.78 is 10.8. The van der Waals surface area contributed by atoms with Crippen LogP contribution in [-0.4, -0.2) is 32.3 Å². The number of hydrogen-bond acceptors (Lipinski definition) is 4. The van der Waals surface area contributed by atoms with E-state index < -0.39 is 5.41 Å². The van der Waals surface area contributed by atoms with E-state index in [4.69, 9.17) is 15.2 Å². The van der Waals surface area contributed by atoms with Crippen molar-refractivity contribution in [3.8, 4) is 0 Å². The van der Waals surface area contributed by atoms with Gasteiger partial charge in [-0.2, -0.15) is 0 Å². The average molecular weight is 306 g/mol. The number of carbonyl (C=O) groups excluding carboxylic acids is 1. The van der Waals surface area contributed by atoms with Gasteiger partial charge < -0.3 is 20.5 Å². The highest BCUT2D eigenvalue weighted by atomic mass is 16.5. The summed E-state index contributed by atoms with van der Waals surface area (Å²) in [5.41, 5.74) is 7.58. The van der Waals surface area contributed by atoms with Crippen molar-refractivity contribution >= 4 is 5.91 Å². The van der Waals surface area contributed by atoms with Crippen LogP contribution in [-0.2, 0) is 27.4 Å². The van der Waals surface area contributed by atoms with E-state index in [9.17, 15) is 4.79 Å². The Kier molecular flexibility index (Phi) is 6.36. The molecule has 0 aliphatic carbocycles. The zero-order valence-electron chi connectivity index (χ0n) is 13.3. The lowest BCUT2D eigenvalue weighted by Crippen LogP contribution is -2.49. The van der Waals surface area contributed by atoms with Gasteiger partial charge in [0.25, 0.3) is 0 Å². The van der Waals surface area contributed by atoms with Crippen LogP contribution in [0.1, 0.15) is 30.9 Å². The fourth-order valence-corrected chi connectivity index (χ4v) is 2.73. The lowest BCUT2D eigenvalue weighted by Gasteiger charge is -2.34. The number of carbonyl (C=O) groups is 1. The van der Waals surface area contributed by atoms with Gasteiger partial charge in [0.15, 0.2) is 0 Å². The third kappa shape index (κ3) is 4.06. The number of amides is 1. The molecule has 3 N–H and O–H groups in total. The summed E-state index contributed by atoms with van der Waals surface area (Å²) in [6.45, 7) is 5.29. The lowest BCUT2D eigenvalue weighted by atomic mass is 9.79. The van der Waals surface area contributed by atoms with E-state index >= 15 is 0 Å². The lowest BCUT2D eigenvalue weighted by molar-refractivity contribution is -0.136. The predicted molar refractivity (Wildman–Crippen MR) is 85.2 cm³/mol. The molecule has 0 saturated carbocycles. The minimum atomic E-state index is -0.479. The summed E-state index contributed by atoms with van der Waals surface area (Å²) in [6, 6.07) is 8.02. The summed E-state index contributed by atoms with van der Waals surface area (Å²) in [4.78, 5) is 12.6. The second-order valence-electron chi connectivity index (χ2n) is 5.69. The minimum absolute atomic E-state index is 0.0320. The van der Waals surface area contributed by atoms with Crippen molar-refractivity contribution in [2.45, 2.75) is 32.9 Å². The minimum Gasteiger partial charge on any atom is -0.381 e. The fraction of sp³-hybridized carbons (Fsp3) is 0.588. The molecule has 1 aromatic carbocycles. The second kappa shape index (κ2) is 8.27. The van der Waals surface area contributed by atoms with Gasteiger partial charge in [0.2, 0.25) is 5.91 Å². The molecule has 1 aliphatic heterocycles. The molecule has 1 saturated heterocycles. The third-order valence-corrected chi connectivity index (χ3v) is 4.34. The standard InChI is InChI=1S/C17H26N2O3/c1-2-21-12-15-6-4-3-5-14(15)11-19-16(20)17(13-18)7-9-22-10-8-17/h3-6H,2,7-13,18H2,1H3,(H,19,20). The van der Waals surface area contributed by atoms with E-state index in [-0.39, 0.29) is 5.91 Å². The highest BCUT2D eigenvalue weighted by Crippen LogP contribution is 2.29. The van der Waals surface area contributed by atoms with Crippen LogP contribution in [0.5, 0.6) is 0 Å². The van der Waals surface area contributed by atoms with Crippen molar-refractivity contribution in [3.63, 3.8) is 0 Å². The monoisotopic (exact) mass is 306 g/mol. The Labute approximate surface area is 132 Å². The van der Waals surface area contributed by atoms with Crippen LogP contribution in [0.25, 0.3) is 0 Å². The largest absolute Gasteiger partial charge is 0.381 e. The van der Waals surface area contributed by atoms with Crippen LogP contribution < -0.4 is 11.1 Å². The molecular formula is C17H26N2O3. The molecule has 5 nitrogen and oxygen atoms in total. The molecule has 1 aromatic rings. The molecule has 0 radical (unpaired) electrons. The van der Waals surface area contributed by atoms with E-state index in [1.165, 1.54) is 0 Å². The molecule has 122 valence electrons. The van der Waals surface area contributed by atoms with Gasteiger partial charge in [-0.05, 0) is 30.9 Å². The molecule has 0 spiro atoms. The molecule has 0 unspecified atom stereocenters. The molecule has 5 heteroatoms. The third-order valence-electron chi connectivity index (χ3n) is 4.34. The zero-order chi connectivity index (χ0) is 15.8. The van der Waals surface area contributed by atoms with Gasteiger partial charge >= 0.3 is 0 Å². The molecule has 1 heterocycles. The molecule has 0 bridgehead atoms. The number of benzene rings is 1. The Morgan fingerprint density at radius 2 is 2.00 bits per heavy atom. The van der Waals surface area contributed by atoms with Gasteiger partial charge in [0.05, 0.1) is 12.0 Å². The summed E-state index contributed by atoms with van der Waals surface area (Å²) in [6.07, 6.45) is 1.38. The summed E-state index contributed by atoms with van der Waals surface area (Å²) >= 11 is 0. The quantitative estimate of drug-likeness (QED) is 0.802. The molecular weight excluding hydrogens is 280 g/mol. The van der Waals surface area contributed by atoms with Gasteiger partial charge in [-0.3, -0.25) is 4.79 Å². The van der Waals surface area contributed by atoms with Gasteiger partial charge in [-0.1, -0.05) is 24.3 Å². The van der Waals surface area contributed by atoms with Gasteiger partial charge in [-0.15, -0.1) is 0 Å². The number of nitrogens with one attached hydrogen (secondary N) is 1. The van der Waals surface area contributed by atoms with Crippen LogP contribution in [0.3, 0.4) is 0 Å². The number of ether oxygens (including phenoxy) is 2. The van der Waals surface area contributed by atoms with Crippen molar-refractivity contribution in [3.05, 3.63) is 35.4 Å². The van der Waals surface area contributed by atoms with Crippen molar-refractivity contribution in [1.29, 1.82) is 0 Å². The van der Waals surface area contributed by atoms with E-state index in [1.54, 1.807) is 0 Å². The van der Waals surface area contributed by atoms with E-state index in [1.807, 2.05) is 31.2 Å². The van der Waals surface area contributed by atoms with Crippen LogP contribution in [0.15, 0.2) is 24.3 Å². The van der Waals surface area contributed by atoms with Gasteiger partial charge in [-0.25, -0.2) is 0 Å². The Bertz CT molecular complexity index is 485. The van der Waals surface area contributed by atoms with E-state index in [0.717, 1.165) is 11.1 Å². The van der Waals surface area contributed by atoms with E-state index in [0.29, 0.717) is 52.4 Å². The number of rotatable bonds is 7. The van der Waals surface area contributed by atoms with Crippen LogP contribution in [0.2, 0.25) is 0 Å². The van der Waals surface area contributed by atoms with Gasteiger partial charge in [0.1, 0.15) is 0 Å². The molecule has 0 aromatic heterocycles. The highest BCUT2D eigenvalue weighted by Gasteiger charge is 2.38. The predicted octanol–water partition coefficient (Wildman–Crippen LogP) is 1.59. The summed E-state index contributed by atoms with van der Waals surface area (Å²) in [5.74, 6) is 0.0320. The van der Waals surface area contributed by atoms with Crippen LogP contribution in [0.4, 0.5) is 0 Å². The Hall–Kier alpha value is -1.43. The summed E-state index contributed by atoms with van der Waals surface area (Å²) in [5, 5.41) is 3.05. The first-order chi connectivity index (χ1) is 10.7. The topological polar surface area (TPSA) is 73.6 Å². The number of hydrogen-bond donors (Lipinski definition) is 2. The van der Waals surface area contributed by atoms with Crippen molar-refractivity contribution in [2.75, 3.05) is 26.4 Å². The van der Waals surface area contributed by atoms with Crippen molar-refractivity contribution < 1.29 is 14.3 Å². The first-order valence-corrected chi connectivity index (χ1v) is 7.92. The van der Waals surface area contributed by atoms with Crippen LogP contribution >= 0.6 is 0 Å². The number of nitrogens with two attached hydrogens (primary N) is 1. The molecule has 1 aliphatic rings. The molecule has 22 heavy (non-hydrogen) atoms. The zero-order valence-corrected chi connectivity index (χ0v) is 13.3. The van der Waals surface area contributed by atoms with Crippen molar-refractivity contribution in [1.82, 2.24) is 5.32 Å². The summed E-state index contributed by atoms with van der Waals surface area (Å²) in [7, 11) is 0. The average Bonchev–Trinajstić information content (AvgIpc) is 2.59. The van der Waals surface area contributed by atoms with Gasteiger partial charge in [0, 0.05) is 32.9 Å². The first-order valence-electron chi connectivity index (χ1n) is 7.92. The maximum atomic E-state index is 12.6. The molecule has 1 amide bonds. The Balaban J connectivity index is 1.98. The molecule has 0 atom stereocenters.